The minimum absolute atomic E-state index is 0.0252. The normalized spacial score (nSPS) is 11.0. The van der Waals surface area contributed by atoms with E-state index in [4.69, 9.17) is 0 Å². The third-order valence-corrected chi connectivity index (χ3v) is 3.69. The number of nitrogens with one attached hydrogen (secondary N) is 1. The summed E-state index contributed by atoms with van der Waals surface area (Å²) < 4.78 is 15.2. The van der Waals surface area contributed by atoms with Gasteiger partial charge in [-0.3, -0.25) is 14.5 Å². The van der Waals surface area contributed by atoms with Crippen molar-refractivity contribution < 1.29 is 4.39 Å². The van der Waals surface area contributed by atoms with Crippen molar-refractivity contribution in [2.45, 2.75) is 6.54 Å². The fourth-order valence-corrected chi connectivity index (χ4v) is 2.52. The van der Waals surface area contributed by atoms with E-state index in [0.29, 0.717) is 17.2 Å². The van der Waals surface area contributed by atoms with Gasteiger partial charge in [0.1, 0.15) is 17.0 Å². The number of H-pyrrole nitrogens is 1. The summed E-state index contributed by atoms with van der Waals surface area (Å²) in [4.78, 5) is 20.9. The lowest BCUT2D eigenvalue weighted by molar-refractivity contribution is 0.632. The van der Waals surface area contributed by atoms with Crippen molar-refractivity contribution in [1.82, 2.24) is 24.7 Å². The average molecular weight is 321 g/mol. The van der Waals surface area contributed by atoms with E-state index >= 15 is 0 Å². The topological polar surface area (TPSA) is 76.5 Å². The highest BCUT2D eigenvalue weighted by Gasteiger charge is 2.11. The second-order valence-electron chi connectivity index (χ2n) is 5.28. The van der Waals surface area contributed by atoms with Crippen molar-refractivity contribution in [3.8, 4) is 11.4 Å². The van der Waals surface area contributed by atoms with Gasteiger partial charge in [-0.05, 0) is 12.1 Å². The Morgan fingerprint density at radius 3 is 2.75 bits per heavy atom. The van der Waals surface area contributed by atoms with Gasteiger partial charge in [-0.2, -0.15) is 5.10 Å². The lowest BCUT2D eigenvalue weighted by atomic mass is 10.2. The van der Waals surface area contributed by atoms with Crippen LogP contribution in [0.15, 0.2) is 59.7 Å². The summed E-state index contributed by atoms with van der Waals surface area (Å²) in [5, 5.41) is 6.92. The van der Waals surface area contributed by atoms with Gasteiger partial charge in [0.05, 0.1) is 18.4 Å². The Morgan fingerprint density at radius 2 is 1.92 bits per heavy atom. The number of benzene rings is 2. The Kier molecular flexibility index (Phi) is 3.38. The first-order valence-corrected chi connectivity index (χ1v) is 7.33. The van der Waals surface area contributed by atoms with Gasteiger partial charge in [-0.25, -0.2) is 14.4 Å². The molecule has 2 aromatic heterocycles. The van der Waals surface area contributed by atoms with Crippen molar-refractivity contribution in [2.24, 2.45) is 0 Å². The molecular weight excluding hydrogens is 309 g/mol. The third kappa shape index (κ3) is 2.45. The minimum Gasteiger partial charge on any atom is -0.291 e. The molecule has 4 aromatic rings. The zero-order chi connectivity index (χ0) is 16.5. The van der Waals surface area contributed by atoms with Crippen LogP contribution in [-0.2, 0) is 6.54 Å². The summed E-state index contributed by atoms with van der Waals surface area (Å²) in [6.07, 6.45) is 1.38. The van der Waals surface area contributed by atoms with E-state index in [9.17, 15) is 9.18 Å². The molecule has 0 radical (unpaired) electrons. The van der Waals surface area contributed by atoms with Gasteiger partial charge in [0.25, 0.3) is 5.56 Å². The Balaban J connectivity index is 1.71. The SMILES string of the molecule is O=c1c2c(F)cccc2ncn1Cc1nc(-c2ccccc2)n[nH]1. The van der Waals surface area contributed by atoms with E-state index in [1.165, 1.54) is 23.0 Å². The number of rotatable bonds is 3. The average Bonchev–Trinajstić information content (AvgIpc) is 3.07. The first-order chi connectivity index (χ1) is 11.7. The Hall–Kier alpha value is -3.35. The predicted molar refractivity (Wildman–Crippen MR) is 86.9 cm³/mol. The molecule has 118 valence electrons. The molecule has 0 unspecified atom stereocenters. The number of nitrogens with zero attached hydrogens (tertiary/aromatic N) is 4. The lowest BCUT2D eigenvalue weighted by Gasteiger charge is -2.04. The summed E-state index contributed by atoms with van der Waals surface area (Å²) in [5.41, 5.74) is 0.754. The standard InChI is InChI=1S/C17H12FN5O/c18-12-7-4-8-13-15(12)17(24)23(10-19-13)9-14-20-16(22-21-14)11-5-2-1-3-6-11/h1-8,10H,9H2,(H,20,21,22). The molecule has 0 bridgehead atoms. The largest absolute Gasteiger partial charge is 0.291 e. The van der Waals surface area contributed by atoms with Crippen molar-refractivity contribution in [2.75, 3.05) is 0 Å². The van der Waals surface area contributed by atoms with Gasteiger partial charge < -0.3 is 0 Å². The van der Waals surface area contributed by atoms with E-state index in [0.717, 1.165) is 5.56 Å². The van der Waals surface area contributed by atoms with Crippen molar-refractivity contribution in [1.29, 1.82) is 0 Å². The van der Waals surface area contributed by atoms with Crippen LogP contribution in [0.1, 0.15) is 5.82 Å². The first kappa shape index (κ1) is 14.3. The number of hydrogen-bond donors (Lipinski definition) is 1. The van der Waals surface area contributed by atoms with E-state index in [2.05, 4.69) is 20.2 Å². The van der Waals surface area contributed by atoms with E-state index < -0.39 is 11.4 Å². The summed E-state index contributed by atoms with van der Waals surface area (Å²) in [6, 6.07) is 13.9. The van der Waals surface area contributed by atoms with Crippen LogP contribution in [0.3, 0.4) is 0 Å². The zero-order valence-corrected chi connectivity index (χ0v) is 12.5. The van der Waals surface area contributed by atoms with Crippen LogP contribution in [0.4, 0.5) is 4.39 Å². The second kappa shape index (κ2) is 5.69. The van der Waals surface area contributed by atoms with E-state index in [-0.39, 0.29) is 11.9 Å². The van der Waals surface area contributed by atoms with E-state index in [1.54, 1.807) is 6.07 Å². The molecule has 0 amide bonds. The summed E-state index contributed by atoms with van der Waals surface area (Å²) in [6.45, 7) is 0.135. The molecule has 24 heavy (non-hydrogen) atoms. The number of aromatic amines is 1. The van der Waals surface area contributed by atoms with Crippen LogP contribution in [0.25, 0.3) is 22.3 Å². The number of aromatic nitrogens is 5. The monoisotopic (exact) mass is 321 g/mol. The molecule has 0 aliphatic rings. The fourth-order valence-electron chi connectivity index (χ4n) is 2.52. The lowest BCUT2D eigenvalue weighted by Crippen LogP contribution is -2.22. The first-order valence-electron chi connectivity index (χ1n) is 7.33. The molecule has 0 fully saturated rings. The van der Waals surface area contributed by atoms with Gasteiger partial charge in [0.15, 0.2) is 5.82 Å². The second-order valence-corrected chi connectivity index (χ2v) is 5.28. The summed E-state index contributed by atoms with van der Waals surface area (Å²) in [7, 11) is 0. The van der Waals surface area contributed by atoms with Crippen molar-refractivity contribution in [3.63, 3.8) is 0 Å². The zero-order valence-electron chi connectivity index (χ0n) is 12.5. The van der Waals surface area contributed by atoms with Crippen molar-refractivity contribution >= 4 is 10.9 Å². The smallest absolute Gasteiger partial charge is 0.264 e. The van der Waals surface area contributed by atoms with Crippen LogP contribution in [0.5, 0.6) is 0 Å². The van der Waals surface area contributed by atoms with Crippen LogP contribution in [0.2, 0.25) is 0 Å². The highest BCUT2D eigenvalue weighted by molar-refractivity contribution is 5.77. The molecule has 7 heteroatoms. The number of halogens is 1. The maximum absolute atomic E-state index is 13.9. The molecule has 0 saturated heterocycles. The molecule has 6 nitrogen and oxygen atoms in total. The minimum atomic E-state index is -0.582. The van der Waals surface area contributed by atoms with Crippen LogP contribution in [0, 0.1) is 5.82 Å². The maximum Gasteiger partial charge on any atom is 0.264 e. The molecule has 4 rings (SSSR count). The summed E-state index contributed by atoms with van der Waals surface area (Å²) in [5.74, 6) is 0.453. The molecule has 0 aliphatic carbocycles. The number of hydrogen-bond acceptors (Lipinski definition) is 4. The van der Waals surface area contributed by atoms with Gasteiger partial charge >= 0.3 is 0 Å². The highest BCUT2D eigenvalue weighted by Crippen LogP contribution is 2.14. The molecule has 0 spiro atoms. The molecule has 2 heterocycles. The number of fused-ring (bicyclic) bond motifs is 1. The Morgan fingerprint density at radius 1 is 1.08 bits per heavy atom. The van der Waals surface area contributed by atoms with Gasteiger partial charge in [0.2, 0.25) is 0 Å². The molecule has 0 saturated carbocycles. The van der Waals surface area contributed by atoms with E-state index in [1.807, 2.05) is 30.3 Å². The van der Waals surface area contributed by atoms with Gasteiger partial charge in [0, 0.05) is 5.56 Å². The Bertz CT molecular complexity index is 1070. The van der Waals surface area contributed by atoms with Gasteiger partial charge in [-0.15, -0.1) is 0 Å². The molecule has 0 atom stereocenters. The predicted octanol–water partition coefficient (Wildman–Crippen LogP) is 2.37. The maximum atomic E-state index is 13.9. The van der Waals surface area contributed by atoms with Gasteiger partial charge in [-0.1, -0.05) is 36.4 Å². The molecular formula is C17H12FN5O. The van der Waals surface area contributed by atoms with Crippen LogP contribution in [-0.4, -0.2) is 24.7 Å². The quantitative estimate of drug-likeness (QED) is 0.628. The molecule has 1 N–H and O–H groups in total. The fraction of sp³-hybridized carbons (Fsp3) is 0.0588. The molecule has 2 aromatic carbocycles. The Labute approximate surface area is 135 Å². The highest BCUT2D eigenvalue weighted by atomic mass is 19.1. The van der Waals surface area contributed by atoms with Crippen LogP contribution >= 0.6 is 0 Å². The third-order valence-electron chi connectivity index (χ3n) is 3.69. The van der Waals surface area contributed by atoms with Crippen LogP contribution < -0.4 is 5.56 Å². The van der Waals surface area contributed by atoms with Crippen molar-refractivity contribution in [3.05, 3.63) is 76.9 Å². The summed E-state index contributed by atoms with van der Waals surface area (Å²) >= 11 is 0. The molecule has 0 aliphatic heterocycles.